The predicted molar refractivity (Wildman–Crippen MR) is 66.7 cm³/mol. The number of aliphatic hydroxyl groups is 1. The maximum absolute atomic E-state index is 13.1. The maximum Gasteiger partial charge on any atom is 0.254 e. The monoisotopic (exact) mass is 269 g/mol. The summed E-state index contributed by atoms with van der Waals surface area (Å²) in [6, 6.07) is 3.32. The summed E-state index contributed by atoms with van der Waals surface area (Å²) in [4.78, 5) is 14.0. The molecule has 0 spiro atoms. The van der Waals surface area contributed by atoms with Crippen LogP contribution in [0.3, 0.4) is 0 Å². The maximum atomic E-state index is 13.1. The smallest absolute Gasteiger partial charge is 0.254 e. The Bertz CT molecular complexity index is 465. The van der Waals surface area contributed by atoms with E-state index in [2.05, 4.69) is 0 Å². The zero-order valence-electron chi connectivity index (χ0n) is 10.6. The second-order valence-corrected chi connectivity index (χ2v) is 4.79. The molecule has 2 rings (SSSR count). The van der Waals surface area contributed by atoms with Crippen LogP contribution in [0.2, 0.25) is 0 Å². The van der Waals surface area contributed by atoms with Gasteiger partial charge in [-0.15, -0.1) is 0 Å². The number of hydrogen-bond acceptors (Lipinski definition) is 2. The number of amides is 1. The molecule has 1 heterocycles. The molecule has 0 radical (unpaired) electrons. The van der Waals surface area contributed by atoms with Crippen molar-refractivity contribution in [2.45, 2.75) is 31.7 Å². The van der Waals surface area contributed by atoms with Gasteiger partial charge in [0.1, 0.15) is 0 Å². The third kappa shape index (κ3) is 3.10. The number of hydrogen-bond donors (Lipinski definition) is 1. The van der Waals surface area contributed by atoms with Crippen LogP contribution in [0.5, 0.6) is 0 Å². The van der Waals surface area contributed by atoms with Gasteiger partial charge in [-0.3, -0.25) is 4.79 Å². The number of benzene rings is 1. The first kappa shape index (κ1) is 13.9. The van der Waals surface area contributed by atoms with Gasteiger partial charge in [0.25, 0.3) is 5.91 Å². The molecular weight excluding hydrogens is 252 g/mol. The van der Waals surface area contributed by atoms with Crippen LogP contribution in [0.25, 0.3) is 0 Å². The van der Waals surface area contributed by atoms with Gasteiger partial charge in [-0.2, -0.15) is 0 Å². The minimum atomic E-state index is -1.00. The second kappa shape index (κ2) is 6.10. The van der Waals surface area contributed by atoms with E-state index in [0.29, 0.717) is 13.0 Å². The van der Waals surface area contributed by atoms with Crippen molar-refractivity contribution >= 4 is 5.91 Å². The Balaban J connectivity index is 2.11. The Hall–Kier alpha value is -1.49. The number of rotatable bonds is 4. The molecule has 0 saturated carbocycles. The van der Waals surface area contributed by atoms with Crippen molar-refractivity contribution in [1.82, 2.24) is 4.90 Å². The van der Waals surface area contributed by atoms with Crippen molar-refractivity contribution in [1.29, 1.82) is 0 Å². The first-order valence-corrected chi connectivity index (χ1v) is 6.50. The van der Waals surface area contributed by atoms with Crippen LogP contribution in [0.15, 0.2) is 18.2 Å². The number of carbonyl (C=O) groups is 1. The van der Waals surface area contributed by atoms with Gasteiger partial charge in [0.05, 0.1) is 0 Å². The number of aliphatic hydroxyl groups excluding tert-OH is 1. The van der Waals surface area contributed by atoms with E-state index in [9.17, 15) is 13.6 Å². The molecule has 1 N–H and O–H groups in total. The van der Waals surface area contributed by atoms with Crippen LogP contribution < -0.4 is 0 Å². The van der Waals surface area contributed by atoms with Crippen LogP contribution in [-0.2, 0) is 0 Å². The predicted octanol–water partition coefficient (Wildman–Crippen LogP) is 2.34. The van der Waals surface area contributed by atoms with Gasteiger partial charge in [0, 0.05) is 24.8 Å². The third-order valence-electron chi connectivity index (χ3n) is 3.50. The zero-order valence-corrected chi connectivity index (χ0v) is 10.6. The quantitative estimate of drug-likeness (QED) is 0.911. The number of carbonyl (C=O) groups excluding carboxylic acids is 1. The molecule has 1 aliphatic rings. The van der Waals surface area contributed by atoms with Gasteiger partial charge in [-0.1, -0.05) is 0 Å². The summed E-state index contributed by atoms with van der Waals surface area (Å²) in [5.74, 6) is -2.22. The molecular formula is C14H17F2NO2. The summed E-state index contributed by atoms with van der Waals surface area (Å²) < 4.78 is 26.0. The number of halogens is 2. The molecule has 0 bridgehead atoms. The number of likely N-dealkylation sites (tertiary alicyclic amines) is 1. The fraction of sp³-hybridized carbons (Fsp3) is 0.500. The summed E-state index contributed by atoms with van der Waals surface area (Å²) in [7, 11) is 0. The molecule has 1 aromatic rings. The van der Waals surface area contributed by atoms with Gasteiger partial charge < -0.3 is 10.0 Å². The molecule has 1 unspecified atom stereocenters. The van der Waals surface area contributed by atoms with Gasteiger partial charge in [0.15, 0.2) is 11.6 Å². The van der Waals surface area contributed by atoms with Crippen molar-refractivity contribution < 1.29 is 18.7 Å². The lowest BCUT2D eigenvalue weighted by molar-refractivity contribution is 0.0724. The highest BCUT2D eigenvalue weighted by molar-refractivity contribution is 5.94. The Kier molecular flexibility index (Phi) is 4.47. The largest absolute Gasteiger partial charge is 0.396 e. The Morgan fingerprint density at radius 3 is 2.84 bits per heavy atom. The van der Waals surface area contributed by atoms with Crippen molar-refractivity contribution in [2.24, 2.45) is 0 Å². The molecule has 5 heteroatoms. The molecule has 0 aromatic heterocycles. The van der Waals surface area contributed by atoms with Gasteiger partial charge in [-0.05, 0) is 43.9 Å². The van der Waals surface area contributed by atoms with E-state index in [-0.39, 0.29) is 24.1 Å². The third-order valence-corrected chi connectivity index (χ3v) is 3.50. The van der Waals surface area contributed by atoms with Gasteiger partial charge in [0.2, 0.25) is 0 Å². The molecule has 1 atom stereocenters. The lowest BCUT2D eigenvalue weighted by atomic mass is 10.1. The van der Waals surface area contributed by atoms with Crippen LogP contribution in [0.1, 0.15) is 36.0 Å². The van der Waals surface area contributed by atoms with Gasteiger partial charge >= 0.3 is 0 Å². The van der Waals surface area contributed by atoms with E-state index >= 15 is 0 Å². The summed E-state index contributed by atoms with van der Waals surface area (Å²) in [5, 5.41) is 8.84. The van der Waals surface area contributed by atoms with Crippen LogP contribution >= 0.6 is 0 Å². The molecule has 3 nitrogen and oxygen atoms in total. The van der Waals surface area contributed by atoms with Crippen LogP contribution in [0.4, 0.5) is 8.78 Å². The van der Waals surface area contributed by atoms with E-state index < -0.39 is 11.6 Å². The molecule has 19 heavy (non-hydrogen) atoms. The van der Waals surface area contributed by atoms with Crippen molar-refractivity contribution in [2.75, 3.05) is 13.2 Å². The lowest BCUT2D eigenvalue weighted by Crippen LogP contribution is -2.35. The van der Waals surface area contributed by atoms with Gasteiger partial charge in [-0.25, -0.2) is 8.78 Å². The Labute approximate surface area is 110 Å². The first-order chi connectivity index (χ1) is 9.13. The Morgan fingerprint density at radius 2 is 2.16 bits per heavy atom. The first-order valence-electron chi connectivity index (χ1n) is 6.50. The fourth-order valence-corrected chi connectivity index (χ4v) is 2.53. The highest BCUT2D eigenvalue weighted by Crippen LogP contribution is 2.24. The summed E-state index contributed by atoms with van der Waals surface area (Å²) in [6.45, 7) is 0.734. The highest BCUT2D eigenvalue weighted by atomic mass is 19.2. The summed E-state index contributed by atoms with van der Waals surface area (Å²) in [6.07, 6.45) is 3.19. The summed E-state index contributed by atoms with van der Waals surface area (Å²) >= 11 is 0. The van der Waals surface area contributed by atoms with E-state index in [1.807, 2.05) is 0 Å². The zero-order chi connectivity index (χ0) is 13.8. The average molecular weight is 269 g/mol. The Morgan fingerprint density at radius 1 is 1.37 bits per heavy atom. The van der Waals surface area contributed by atoms with Crippen molar-refractivity contribution in [3.05, 3.63) is 35.4 Å². The van der Waals surface area contributed by atoms with Crippen LogP contribution in [0, 0.1) is 11.6 Å². The second-order valence-electron chi connectivity index (χ2n) is 4.79. The lowest BCUT2D eigenvalue weighted by Gasteiger charge is -2.24. The fourth-order valence-electron chi connectivity index (χ4n) is 2.53. The molecule has 1 amide bonds. The minimum absolute atomic E-state index is 0.0905. The highest BCUT2D eigenvalue weighted by Gasteiger charge is 2.29. The van der Waals surface area contributed by atoms with E-state index in [1.54, 1.807) is 4.90 Å². The normalized spacial score (nSPS) is 18.9. The molecule has 1 fully saturated rings. The number of nitrogens with zero attached hydrogens (tertiary/aromatic N) is 1. The summed E-state index contributed by atoms with van der Waals surface area (Å²) in [5.41, 5.74) is 0.176. The minimum Gasteiger partial charge on any atom is -0.396 e. The molecule has 1 aromatic carbocycles. The van der Waals surface area contributed by atoms with E-state index in [1.165, 1.54) is 6.07 Å². The van der Waals surface area contributed by atoms with E-state index in [0.717, 1.165) is 31.4 Å². The van der Waals surface area contributed by atoms with E-state index in [4.69, 9.17) is 5.11 Å². The molecule has 0 aliphatic carbocycles. The van der Waals surface area contributed by atoms with Crippen LogP contribution in [-0.4, -0.2) is 35.1 Å². The van der Waals surface area contributed by atoms with Crippen molar-refractivity contribution in [3.63, 3.8) is 0 Å². The molecule has 104 valence electrons. The standard InChI is InChI=1S/C14H17F2NO2/c15-12-6-5-10(9-13(12)16)14(19)17-7-1-3-11(17)4-2-8-18/h5-6,9,11,18H,1-4,7-8H2. The topological polar surface area (TPSA) is 40.5 Å². The molecule has 1 saturated heterocycles. The SMILES string of the molecule is O=C(c1ccc(F)c(F)c1)N1CCCC1CCCO. The molecule has 1 aliphatic heterocycles. The van der Waals surface area contributed by atoms with Crippen molar-refractivity contribution in [3.8, 4) is 0 Å². The average Bonchev–Trinajstić information content (AvgIpc) is 2.87.